The van der Waals surface area contributed by atoms with E-state index < -0.39 is 24.4 Å². The van der Waals surface area contributed by atoms with Crippen molar-refractivity contribution in [1.29, 1.82) is 0 Å². The minimum atomic E-state index is -0.689. The van der Waals surface area contributed by atoms with Gasteiger partial charge < -0.3 is 45.0 Å². The Balaban J connectivity index is 0.000000827. The number of methoxy groups -OCH3 is 4. The summed E-state index contributed by atoms with van der Waals surface area (Å²) in [7, 11) is 4.91. The van der Waals surface area contributed by atoms with Gasteiger partial charge in [0.1, 0.15) is 5.78 Å². The van der Waals surface area contributed by atoms with Crippen LogP contribution in [0.15, 0.2) is 48.5 Å². The number of hydrogen-bond donors (Lipinski definition) is 8. The first-order valence-electron chi connectivity index (χ1n) is 12.9. The van der Waals surface area contributed by atoms with Gasteiger partial charge in [-0.1, -0.05) is 24.3 Å². The van der Waals surface area contributed by atoms with Crippen molar-refractivity contribution >= 4 is 122 Å². The zero-order valence-electron chi connectivity index (χ0n) is 26.4. The molecule has 0 radical (unpaired) electrons. The van der Waals surface area contributed by atoms with Gasteiger partial charge >= 0.3 is 24.4 Å². The molecule has 48 heavy (non-hydrogen) atoms. The van der Waals surface area contributed by atoms with Crippen molar-refractivity contribution in [2.24, 2.45) is 0 Å². The molecule has 0 atom stereocenters. The highest BCUT2D eigenvalue weighted by atomic mass is 32.1. The average Bonchev–Trinajstić information content (AvgIpc) is 3.02. The molecule has 0 spiro atoms. The number of ether oxygens (including phenoxy) is 4. The number of rotatable bonds is 4. The van der Waals surface area contributed by atoms with E-state index >= 15 is 0 Å². The highest BCUT2D eigenvalue weighted by Gasteiger charge is 2.11. The van der Waals surface area contributed by atoms with Crippen molar-refractivity contribution in [2.45, 2.75) is 13.8 Å². The van der Waals surface area contributed by atoms with Crippen molar-refractivity contribution in [2.75, 3.05) is 49.7 Å². The number of benzene rings is 2. The molecule has 21 heteroatoms. The smallest absolute Gasteiger partial charge is 0.413 e. The van der Waals surface area contributed by atoms with Crippen molar-refractivity contribution in [3.05, 3.63) is 48.5 Å². The van der Waals surface area contributed by atoms with E-state index in [1.165, 1.54) is 42.3 Å². The van der Waals surface area contributed by atoms with Crippen molar-refractivity contribution in [3.63, 3.8) is 0 Å². The summed E-state index contributed by atoms with van der Waals surface area (Å²) >= 11 is 19.9. The maximum atomic E-state index is 11.1. The van der Waals surface area contributed by atoms with Crippen LogP contribution in [0.25, 0.3) is 0 Å². The van der Waals surface area contributed by atoms with Crippen LogP contribution in [-0.4, -0.2) is 79.0 Å². The van der Waals surface area contributed by atoms with Crippen molar-refractivity contribution in [1.82, 2.24) is 21.3 Å². The quantitative estimate of drug-likeness (QED) is 0.163. The summed E-state index contributed by atoms with van der Waals surface area (Å²) in [5, 5.41) is 20.6. The van der Waals surface area contributed by atoms with E-state index in [0.717, 1.165) is 0 Å². The molecule has 0 fully saturated rings. The Morgan fingerprint density at radius 2 is 0.604 bits per heavy atom. The largest absolute Gasteiger partial charge is 0.453 e. The van der Waals surface area contributed by atoms with Gasteiger partial charge in [-0.15, -0.1) is 0 Å². The summed E-state index contributed by atoms with van der Waals surface area (Å²) in [6.07, 6.45) is -2.76. The van der Waals surface area contributed by atoms with Crippen LogP contribution in [-0.2, 0) is 23.7 Å². The second-order valence-corrected chi connectivity index (χ2v) is 9.92. The lowest BCUT2D eigenvalue weighted by Gasteiger charge is -2.15. The molecule has 0 aliphatic heterocycles. The number of ketones is 1. The molecule has 0 bridgehead atoms. The van der Waals surface area contributed by atoms with Crippen molar-refractivity contribution in [3.8, 4) is 0 Å². The maximum Gasteiger partial charge on any atom is 0.413 e. The molecule has 0 unspecified atom stereocenters. The lowest BCUT2D eigenvalue weighted by molar-refractivity contribution is -0.115. The van der Waals surface area contributed by atoms with Crippen LogP contribution in [0.3, 0.4) is 0 Å². The Kier molecular flexibility index (Phi) is 21.4. The SMILES string of the molecule is CC(C)=O.COC(=O)NC(=S)Nc1ccccc1NC(=S)NC(=O)OC.COC(=O)NC(=S)Nc1ccccc1NC(=S)NC(=O)OC. The molecule has 2 aromatic rings. The average molecular weight is 743 g/mol. The van der Waals surface area contributed by atoms with Gasteiger partial charge in [-0.25, -0.2) is 19.2 Å². The number of thiocarbonyl (C=S) groups is 4. The Morgan fingerprint density at radius 3 is 0.750 bits per heavy atom. The van der Waals surface area contributed by atoms with E-state index in [1.807, 2.05) is 0 Å². The van der Waals surface area contributed by atoms with E-state index in [9.17, 15) is 24.0 Å². The Bertz CT molecular complexity index is 1290. The first-order valence-corrected chi connectivity index (χ1v) is 14.6. The molecule has 0 aromatic heterocycles. The Morgan fingerprint density at radius 1 is 0.438 bits per heavy atom. The number of carbonyl (C=O) groups excluding carboxylic acids is 5. The molecule has 0 saturated heterocycles. The molecule has 2 aromatic carbocycles. The monoisotopic (exact) mass is 742 g/mol. The summed E-state index contributed by atoms with van der Waals surface area (Å²) in [6, 6.07) is 13.8. The molecule has 8 N–H and O–H groups in total. The van der Waals surface area contributed by atoms with E-state index in [1.54, 1.807) is 48.5 Å². The topological polar surface area (TPSA) is 219 Å². The van der Waals surface area contributed by atoms with Gasteiger partial charge in [0, 0.05) is 0 Å². The van der Waals surface area contributed by atoms with E-state index in [2.05, 4.69) is 61.5 Å². The molecule has 2 rings (SSSR count). The van der Waals surface area contributed by atoms with Gasteiger partial charge in [-0.2, -0.15) is 0 Å². The predicted molar refractivity (Wildman–Crippen MR) is 196 cm³/mol. The van der Waals surface area contributed by atoms with Crippen LogP contribution < -0.4 is 42.5 Å². The molecule has 0 heterocycles. The van der Waals surface area contributed by atoms with Gasteiger partial charge in [-0.05, 0) is 87.0 Å². The first kappa shape index (κ1) is 42.8. The van der Waals surface area contributed by atoms with Crippen LogP contribution in [0.1, 0.15) is 13.8 Å². The van der Waals surface area contributed by atoms with E-state index in [4.69, 9.17) is 48.9 Å². The number of Topliss-reactive ketones (excluding diaryl/α,β-unsaturated/α-hetero) is 1. The molecular formula is C27H34N8O9S4. The van der Waals surface area contributed by atoms with Gasteiger partial charge in [0.25, 0.3) is 0 Å². The van der Waals surface area contributed by atoms with Gasteiger partial charge in [0.15, 0.2) is 20.4 Å². The number of hydrogen-bond acceptors (Lipinski definition) is 13. The first-order chi connectivity index (χ1) is 22.6. The minimum absolute atomic E-state index is 0.0490. The second-order valence-electron chi connectivity index (χ2n) is 8.28. The third kappa shape index (κ3) is 20.0. The fourth-order valence-corrected chi connectivity index (χ4v) is 3.36. The lowest BCUT2D eigenvalue weighted by atomic mass is 10.2. The number of alkyl carbamates (subject to hydrolysis) is 4. The number of amides is 4. The van der Waals surface area contributed by atoms with Crippen LogP contribution in [0.5, 0.6) is 0 Å². The number of nitrogens with one attached hydrogen (secondary N) is 8. The molecule has 0 aliphatic carbocycles. The van der Waals surface area contributed by atoms with Crippen molar-refractivity contribution < 1.29 is 42.9 Å². The van der Waals surface area contributed by atoms with E-state index in [0.29, 0.717) is 22.7 Å². The maximum absolute atomic E-state index is 11.1. The summed E-state index contributed by atoms with van der Waals surface area (Å²) in [5.41, 5.74) is 2.16. The number of carbonyl (C=O) groups is 5. The molecule has 17 nitrogen and oxygen atoms in total. The summed E-state index contributed by atoms with van der Waals surface area (Å²) in [5.74, 6) is 0.167. The zero-order valence-corrected chi connectivity index (χ0v) is 29.7. The molecule has 0 saturated carbocycles. The standard InChI is InChI=1S/2C12H14N4O4S2.C3H6O/c2*1-19-11(17)15-9(21)13-7-5-3-4-6-8(7)14-10(22)16-12(18)20-2;1-3(2)4/h2*3-6H,1-2H3,(H2,13,15,17,21)(H2,14,16,18,22);1-2H3. The molecule has 4 amide bonds. The van der Waals surface area contributed by atoms with Crippen LogP contribution in [0, 0.1) is 0 Å². The highest BCUT2D eigenvalue weighted by molar-refractivity contribution is 7.81. The van der Waals surface area contributed by atoms with Crippen LogP contribution >= 0.6 is 48.9 Å². The molecular weight excluding hydrogens is 709 g/mol. The van der Waals surface area contributed by atoms with Gasteiger partial charge in [0.2, 0.25) is 0 Å². The lowest BCUT2D eigenvalue weighted by Crippen LogP contribution is -2.35. The fourth-order valence-electron chi connectivity index (χ4n) is 2.59. The predicted octanol–water partition coefficient (Wildman–Crippen LogP) is 4.18. The molecule has 0 aliphatic rings. The Hall–Kier alpha value is -5.25. The summed E-state index contributed by atoms with van der Waals surface area (Å²) in [4.78, 5) is 53.7. The number of anilines is 4. The van der Waals surface area contributed by atoms with Gasteiger partial charge in [0.05, 0.1) is 51.2 Å². The third-order valence-electron chi connectivity index (χ3n) is 4.45. The normalized spacial score (nSPS) is 8.96. The zero-order chi connectivity index (χ0) is 36.6. The van der Waals surface area contributed by atoms with Crippen LogP contribution in [0.4, 0.5) is 41.9 Å². The Labute approximate surface area is 297 Å². The highest BCUT2D eigenvalue weighted by Crippen LogP contribution is 2.21. The number of para-hydroxylation sites is 4. The molecule has 260 valence electrons. The summed E-state index contributed by atoms with van der Waals surface area (Å²) < 4.78 is 17.7. The van der Waals surface area contributed by atoms with Gasteiger partial charge in [-0.3, -0.25) is 21.3 Å². The fraction of sp³-hybridized carbons (Fsp3) is 0.222. The third-order valence-corrected chi connectivity index (χ3v) is 5.27. The second kappa shape index (κ2) is 24.0. The minimum Gasteiger partial charge on any atom is -0.453 e. The van der Waals surface area contributed by atoms with Crippen LogP contribution in [0.2, 0.25) is 0 Å². The van der Waals surface area contributed by atoms with E-state index in [-0.39, 0.29) is 26.2 Å². The summed E-state index contributed by atoms with van der Waals surface area (Å²) in [6.45, 7) is 3.06.